The fourth-order valence-electron chi connectivity index (χ4n) is 1.93. The van der Waals surface area contributed by atoms with Crippen LogP contribution < -0.4 is 5.73 Å². The summed E-state index contributed by atoms with van der Waals surface area (Å²) in [5.41, 5.74) is 7.22. The molecule has 0 bridgehead atoms. The van der Waals surface area contributed by atoms with Gasteiger partial charge in [-0.2, -0.15) is 5.10 Å². The van der Waals surface area contributed by atoms with Crippen molar-refractivity contribution in [3.8, 4) is 0 Å². The molecule has 0 aliphatic carbocycles. The number of rotatable bonds is 6. The largest absolute Gasteiger partial charge is 0.327 e. The molecule has 0 aliphatic rings. The SMILES string of the molecule is CCn1ncnc1CC(N)CCc1ccccn1. The number of hydrogen-bond acceptors (Lipinski definition) is 4. The summed E-state index contributed by atoms with van der Waals surface area (Å²) in [5.74, 6) is 0.964. The minimum absolute atomic E-state index is 0.0986. The van der Waals surface area contributed by atoms with Gasteiger partial charge < -0.3 is 5.73 Å². The minimum atomic E-state index is 0.0986. The molecule has 5 nitrogen and oxygen atoms in total. The highest BCUT2D eigenvalue weighted by Crippen LogP contribution is 2.05. The molecule has 0 amide bonds. The van der Waals surface area contributed by atoms with Gasteiger partial charge in [0.2, 0.25) is 0 Å². The molecule has 0 aliphatic heterocycles. The predicted molar refractivity (Wildman–Crippen MR) is 69.9 cm³/mol. The molecule has 0 fully saturated rings. The van der Waals surface area contributed by atoms with Gasteiger partial charge in [-0.05, 0) is 31.9 Å². The van der Waals surface area contributed by atoms with Crippen LogP contribution in [0.4, 0.5) is 0 Å². The Kier molecular flexibility index (Phi) is 4.41. The summed E-state index contributed by atoms with van der Waals surface area (Å²) in [6, 6.07) is 6.05. The molecule has 0 saturated carbocycles. The topological polar surface area (TPSA) is 69.6 Å². The fourth-order valence-corrected chi connectivity index (χ4v) is 1.93. The molecule has 1 unspecified atom stereocenters. The van der Waals surface area contributed by atoms with E-state index in [1.54, 1.807) is 6.33 Å². The number of nitrogens with two attached hydrogens (primary N) is 1. The van der Waals surface area contributed by atoms with E-state index in [9.17, 15) is 0 Å². The lowest BCUT2D eigenvalue weighted by molar-refractivity contribution is 0.545. The molecule has 2 N–H and O–H groups in total. The van der Waals surface area contributed by atoms with E-state index in [1.165, 1.54) is 0 Å². The normalized spacial score (nSPS) is 12.6. The second-order valence-corrected chi connectivity index (χ2v) is 4.32. The number of nitrogens with zero attached hydrogens (tertiary/aromatic N) is 4. The predicted octanol–water partition coefficient (Wildman–Crippen LogP) is 1.20. The first-order valence-corrected chi connectivity index (χ1v) is 6.31. The van der Waals surface area contributed by atoms with Gasteiger partial charge in [-0.3, -0.25) is 9.67 Å². The highest BCUT2D eigenvalue weighted by Gasteiger charge is 2.09. The fraction of sp³-hybridized carbons (Fsp3) is 0.462. The zero-order chi connectivity index (χ0) is 12.8. The third-order valence-electron chi connectivity index (χ3n) is 2.94. The highest BCUT2D eigenvalue weighted by molar-refractivity contribution is 5.04. The van der Waals surface area contributed by atoms with Crippen molar-refractivity contribution in [3.63, 3.8) is 0 Å². The Morgan fingerprint density at radius 2 is 2.22 bits per heavy atom. The van der Waals surface area contributed by atoms with Crippen LogP contribution in [0.5, 0.6) is 0 Å². The summed E-state index contributed by atoms with van der Waals surface area (Å²) >= 11 is 0. The Labute approximate surface area is 107 Å². The molecule has 2 aromatic heterocycles. The van der Waals surface area contributed by atoms with Gasteiger partial charge in [-0.15, -0.1) is 0 Å². The van der Waals surface area contributed by atoms with Gasteiger partial charge in [0, 0.05) is 30.9 Å². The van der Waals surface area contributed by atoms with Crippen molar-refractivity contribution in [2.45, 2.75) is 38.8 Å². The Morgan fingerprint density at radius 1 is 1.33 bits per heavy atom. The van der Waals surface area contributed by atoms with E-state index in [0.717, 1.165) is 37.3 Å². The van der Waals surface area contributed by atoms with E-state index < -0.39 is 0 Å². The number of aryl methyl sites for hydroxylation is 2. The molecule has 18 heavy (non-hydrogen) atoms. The van der Waals surface area contributed by atoms with Crippen LogP contribution in [-0.2, 0) is 19.4 Å². The van der Waals surface area contributed by atoms with Crippen molar-refractivity contribution in [1.82, 2.24) is 19.7 Å². The molecule has 2 aromatic rings. The molecule has 5 heteroatoms. The Hall–Kier alpha value is -1.75. The first-order chi connectivity index (χ1) is 8.79. The molecule has 1 atom stereocenters. The maximum Gasteiger partial charge on any atom is 0.138 e. The van der Waals surface area contributed by atoms with Gasteiger partial charge >= 0.3 is 0 Å². The Bertz CT molecular complexity index is 465. The standard InChI is InChI=1S/C13H19N5/c1-2-18-13(16-10-17-18)9-11(14)6-7-12-5-3-4-8-15-12/h3-5,8,10-11H,2,6-7,9,14H2,1H3. The number of pyridine rings is 1. The van der Waals surface area contributed by atoms with Crippen LogP contribution in [0.3, 0.4) is 0 Å². The summed E-state index contributed by atoms with van der Waals surface area (Å²) in [6.45, 7) is 2.89. The third kappa shape index (κ3) is 3.37. The molecule has 0 spiro atoms. The lowest BCUT2D eigenvalue weighted by atomic mass is 10.1. The van der Waals surface area contributed by atoms with Crippen molar-refractivity contribution in [3.05, 3.63) is 42.2 Å². The summed E-state index contributed by atoms with van der Waals surface area (Å²) < 4.78 is 1.89. The van der Waals surface area contributed by atoms with E-state index in [1.807, 2.05) is 29.1 Å². The summed E-state index contributed by atoms with van der Waals surface area (Å²) in [7, 11) is 0. The van der Waals surface area contributed by atoms with Gasteiger partial charge in [0.1, 0.15) is 12.2 Å². The van der Waals surface area contributed by atoms with E-state index in [2.05, 4.69) is 22.0 Å². The van der Waals surface area contributed by atoms with Crippen LogP contribution in [0.15, 0.2) is 30.7 Å². The third-order valence-corrected chi connectivity index (χ3v) is 2.94. The first kappa shape index (κ1) is 12.7. The van der Waals surface area contributed by atoms with Crippen LogP contribution in [-0.4, -0.2) is 25.8 Å². The maximum absolute atomic E-state index is 6.13. The van der Waals surface area contributed by atoms with Gasteiger partial charge in [0.15, 0.2) is 0 Å². The molecule has 2 rings (SSSR count). The average molecular weight is 245 g/mol. The second-order valence-electron chi connectivity index (χ2n) is 4.32. The van der Waals surface area contributed by atoms with E-state index in [-0.39, 0.29) is 6.04 Å². The lowest BCUT2D eigenvalue weighted by Crippen LogP contribution is -2.25. The van der Waals surface area contributed by atoms with Crippen LogP contribution in [0.25, 0.3) is 0 Å². The van der Waals surface area contributed by atoms with E-state index in [4.69, 9.17) is 5.73 Å². The molecule has 0 radical (unpaired) electrons. The summed E-state index contributed by atoms with van der Waals surface area (Å²) in [6.07, 6.45) is 5.98. The number of hydrogen-bond donors (Lipinski definition) is 1. The zero-order valence-corrected chi connectivity index (χ0v) is 10.7. The van der Waals surface area contributed by atoms with E-state index in [0.29, 0.717) is 0 Å². The van der Waals surface area contributed by atoms with Crippen LogP contribution in [0, 0.1) is 0 Å². The Morgan fingerprint density at radius 3 is 2.94 bits per heavy atom. The number of aromatic nitrogens is 4. The second kappa shape index (κ2) is 6.26. The minimum Gasteiger partial charge on any atom is -0.327 e. The quantitative estimate of drug-likeness (QED) is 0.830. The van der Waals surface area contributed by atoms with Crippen LogP contribution in [0.2, 0.25) is 0 Å². The van der Waals surface area contributed by atoms with Crippen molar-refractivity contribution in [2.75, 3.05) is 0 Å². The Balaban J connectivity index is 1.84. The van der Waals surface area contributed by atoms with Crippen LogP contribution >= 0.6 is 0 Å². The van der Waals surface area contributed by atoms with Gasteiger partial charge in [-0.25, -0.2) is 4.98 Å². The lowest BCUT2D eigenvalue weighted by Gasteiger charge is -2.11. The van der Waals surface area contributed by atoms with Gasteiger partial charge in [-0.1, -0.05) is 6.07 Å². The molecule has 96 valence electrons. The van der Waals surface area contributed by atoms with Crippen molar-refractivity contribution >= 4 is 0 Å². The van der Waals surface area contributed by atoms with Gasteiger partial charge in [0.05, 0.1) is 0 Å². The smallest absolute Gasteiger partial charge is 0.138 e. The monoisotopic (exact) mass is 245 g/mol. The molecular formula is C13H19N5. The molecule has 0 saturated heterocycles. The molecule has 0 aromatic carbocycles. The van der Waals surface area contributed by atoms with E-state index >= 15 is 0 Å². The maximum atomic E-state index is 6.13. The van der Waals surface area contributed by atoms with Gasteiger partial charge in [0.25, 0.3) is 0 Å². The average Bonchev–Trinajstić information content (AvgIpc) is 2.85. The summed E-state index contributed by atoms with van der Waals surface area (Å²) in [5, 5.41) is 4.14. The zero-order valence-electron chi connectivity index (χ0n) is 10.7. The van der Waals surface area contributed by atoms with Crippen LogP contribution in [0.1, 0.15) is 24.9 Å². The van der Waals surface area contributed by atoms with Crippen molar-refractivity contribution < 1.29 is 0 Å². The first-order valence-electron chi connectivity index (χ1n) is 6.31. The van der Waals surface area contributed by atoms with Crippen molar-refractivity contribution in [2.24, 2.45) is 5.73 Å². The van der Waals surface area contributed by atoms with Crippen molar-refractivity contribution in [1.29, 1.82) is 0 Å². The highest BCUT2D eigenvalue weighted by atomic mass is 15.3. The molecular weight excluding hydrogens is 226 g/mol. The molecule has 2 heterocycles. The summed E-state index contributed by atoms with van der Waals surface area (Å²) in [4.78, 5) is 8.53.